The molecule has 0 spiro atoms. The summed E-state index contributed by atoms with van der Waals surface area (Å²) in [4.78, 5) is 2.72. The molecule has 0 aromatic carbocycles. The molecule has 0 saturated carbocycles. The van der Waals surface area contributed by atoms with Crippen molar-refractivity contribution in [3.8, 4) is 0 Å². The second-order valence-electron chi connectivity index (χ2n) is 3.00. The fourth-order valence-electron chi connectivity index (χ4n) is 1.15. The minimum atomic E-state index is -0.738. The van der Waals surface area contributed by atoms with Gasteiger partial charge in [-0.1, -0.05) is 36.3 Å². The van der Waals surface area contributed by atoms with Gasteiger partial charge in [0.05, 0.1) is 12.1 Å². The summed E-state index contributed by atoms with van der Waals surface area (Å²) in [7, 11) is 0. The van der Waals surface area contributed by atoms with Gasteiger partial charge < -0.3 is 5.11 Å². The summed E-state index contributed by atoms with van der Waals surface area (Å²) < 4.78 is 0. The SMILES string of the molecule is C[C@](CO)(N=[N+]=[N-])C1C=CC=C1. The molecule has 0 amide bonds. The Kier molecular flexibility index (Phi) is 2.53. The molecule has 0 heterocycles. The Balaban J connectivity index is 2.85. The van der Waals surface area contributed by atoms with Gasteiger partial charge in [0.2, 0.25) is 0 Å². The van der Waals surface area contributed by atoms with E-state index in [0.717, 1.165) is 0 Å². The minimum Gasteiger partial charge on any atom is -0.396 e. The first-order valence-corrected chi connectivity index (χ1v) is 3.75. The molecule has 0 unspecified atom stereocenters. The van der Waals surface area contributed by atoms with Crippen LogP contribution in [-0.2, 0) is 0 Å². The third kappa shape index (κ3) is 1.49. The highest BCUT2D eigenvalue weighted by atomic mass is 16.3. The summed E-state index contributed by atoms with van der Waals surface area (Å²) in [5.41, 5.74) is 7.55. The molecule has 64 valence electrons. The predicted molar refractivity (Wildman–Crippen MR) is 46.4 cm³/mol. The molecule has 1 atom stereocenters. The van der Waals surface area contributed by atoms with Crippen LogP contribution in [0.25, 0.3) is 10.4 Å². The van der Waals surface area contributed by atoms with E-state index in [2.05, 4.69) is 10.0 Å². The van der Waals surface area contributed by atoms with Crippen LogP contribution in [0.4, 0.5) is 0 Å². The lowest BCUT2D eigenvalue weighted by Gasteiger charge is -2.25. The van der Waals surface area contributed by atoms with E-state index in [1.165, 1.54) is 0 Å². The fourth-order valence-corrected chi connectivity index (χ4v) is 1.15. The highest BCUT2D eigenvalue weighted by molar-refractivity contribution is 5.23. The number of hydrogen-bond acceptors (Lipinski definition) is 2. The summed E-state index contributed by atoms with van der Waals surface area (Å²) in [6, 6.07) is 0. The van der Waals surface area contributed by atoms with Crippen LogP contribution in [0.5, 0.6) is 0 Å². The molecule has 0 fully saturated rings. The zero-order valence-corrected chi connectivity index (χ0v) is 6.88. The van der Waals surface area contributed by atoms with Crippen molar-refractivity contribution in [2.24, 2.45) is 11.0 Å². The molecule has 1 aliphatic carbocycles. The summed E-state index contributed by atoms with van der Waals surface area (Å²) >= 11 is 0. The fraction of sp³-hybridized carbons (Fsp3) is 0.500. The Bertz CT molecular complexity index is 253. The molecule has 0 bridgehead atoms. The average molecular weight is 165 g/mol. The molecule has 0 aromatic rings. The molecule has 4 nitrogen and oxygen atoms in total. The van der Waals surface area contributed by atoms with E-state index in [1.807, 2.05) is 24.3 Å². The zero-order chi connectivity index (χ0) is 9.03. The van der Waals surface area contributed by atoms with Crippen molar-refractivity contribution < 1.29 is 5.11 Å². The zero-order valence-electron chi connectivity index (χ0n) is 6.88. The van der Waals surface area contributed by atoms with Crippen LogP contribution in [-0.4, -0.2) is 17.3 Å². The van der Waals surface area contributed by atoms with Gasteiger partial charge in [-0.25, -0.2) is 0 Å². The van der Waals surface area contributed by atoms with Crippen LogP contribution < -0.4 is 0 Å². The molecule has 0 aliphatic heterocycles. The van der Waals surface area contributed by atoms with Crippen molar-refractivity contribution in [3.05, 3.63) is 34.7 Å². The first kappa shape index (κ1) is 8.84. The second kappa shape index (κ2) is 3.43. The third-order valence-electron chi connectivity index (χ3n) is 2.06. The van der Waals surface area contributed by atoms with Crippen molar-refractivity contribution in [3.63, 3.8) is 0 Å². The second-order valence-corrected chi connectivity index (χ2v) is 3.00. The Labute approximate surface area is 70.8 Å². The summed E-state index contributed by atoms with van der Waals surface area (Å²) in [6.45, 7) is 1.59. The predicted octanol–water partition coefficient (Wildman–Crippen LogP) is 1.79. The largest absolute Gasteiger partial charge is 0.396 e. The van der Waals surface area contributed by atoms with E-state index in [4.69, 9.17) is 10.6 Å². The van der Waals surface area contributed by atoms with Gasteiger partial charge in [-0.2, -0.15) is 0 Å². The van der Waals surface area contributed by atoms with E-state index in [-0.39, 0.29) is 12.5 Å². The topological polar surface area (TPSA) is 69.0 Å². The Morgan fingerprint density at radius 1 is 1.58 bits per heavy atom. The minimum absolute atomic E-state index is 0.0124. The van der Waals surface area contributed by atoms with E-state index in [9.17, 15) is 0 Å². The smallest absolute Gasteiger partial charge is 0.0787 e. The average Bonchev–Trinajstić information content (AvgIpc) is 2.57. The van der Waals surface area contributed by atoms with Crippen LogP contribution in [0.2, 0.25) is 0 Å². The highest BCUT2D eigenvalue weighted by Gasteiger charge is 2.30. The highest BCUT2D eigenvalue weighted by Crippen LogP contribution is 2.27. The molecule has 0 aromatic heterocycles. The monoisotopic (exact) mass is 165 g/mol. The van der Waals surface area contributed by atoms with Crippen LogP contribution in [0.15, 0.2) is 29.4 Å². The Morgan fingerprint density at radius 2 is 2.17 bits per heavy atom. The van der Waals surface area contributed by atoms with Crippen LogP contribution in [0.3, 0.4) is 0 Å². The maximum Gasteiger partial charge on any atom is 0.0787 e. The summed E-state index contributed by atoms with van der Waals surface area (Å²) in [5, 5.41) is 12.6. The van der Waals surface area contributed by atoms with Gasteiger partial charge in [0.25, 0.3) is 0 Å². The number of aliphatic hydroxyl groups is 1. The first-order chi connectivity index (χ1) is 5.73. The number of aliphatic hydroxyl groups excluding tert-OH is 1. The van der Waals surface area contributed by atoms with Crippen molar-refractivity contribution in [2.45, 2.75) is 12.5 Å². The third-order valence-corrected chi connectivity index (χ3v) is 2.06. The molecule has 12 heavy (non-hydrogen) atoms. The number of allylic oxidation sites excluding steroid dienone is 2. The molecule has 1 aliphatic rings. The van der Waals surface area contributed by atoms with E-state index in [1.54, 1.807) is 6.92 Å². The van der Waals surface area contributed by atoms with Crippen molar-refractivity contribution in [1.29, 1.82) is 0 Å². The molecule has 0 radical (unpaired) electrons. The van der Waals surface area contributed by atoms with Crippen LogP contribution in [0, 0.1) is 5.92 Å². The van der Waals surface area contributed by atoms with Crippen molar-refractivity contribution >= 4 is 0 Å². The van der Waals surface area contributed by atoms with Gasteiger partial charge in [0.1, 0.15) is 0 Å². The normalized spacial score (nSPS) is 20.5. The van der Waals surface area contributed by atoms with Crippen LogP contribution >= 0.6 is 0 Å². The van der Waals surface area contributed by atoms with Crippen molar-refractivity contribution in [2.75, 3.05) is 6.61 Å². The maximum absolute atomic E-state index is 9.04. The standard InChI is InChI=1S/C8H11N3O/c1-8(6-12,10-11-9)7-4-2-3-5-7/h2-5,7,12H,6H2,1H3/t8-/m1/s1. The Hall–Kier alpha value is -1.25. The van der Waals surface area contributed by atoms with E-state index < -0.39 is 5.54 Å². The molecule has 0 saturated heterocycles. The van der Waals surface area contributed by atoms with Gasteiger partial charge >= 0.3 is 0 Å². The molecular formula is C8H11N3O. The van der Waals surface area contributed by atoms with Gasteiger partial charge in [0.15, 0.2) is 0 Å². The molecule has 1 rings (SSSR count). The molecular weight excluding hydrogens is 154 g/mol. The number of rotatable bonds is 3. The lowest BCUT2D eigenvalue weighted by Crippen LogP contribution is -2.33. The van der Waals surface area contributed by atoms with Crippen molar-refractivity contribution in [1.82, 2.24) is 0 Å². The molecule has 4 heteroatoms. The Morgan fingerprint density at radius 3 is 2.58 bits per heavy atom. The van der Waals surface area contributed by atoms with Gasteiger partial charge in [-0.3, -0.25) is 0 Å². The first-order valence-electron chi connectivity index (χ1n) is 3.75. The van der Waals surface area contributed by atoms with Gasteiger partial charge in [-0.15, -0.1) is 0 Å². The molecule has 1 N–H and O–H groups in total. The van der Waals surface area contributed by atoms with Gasteiger partial charge in [-0.05, 0) is 5.53 Å². The quantitative estimate of drug-likeness (QED) is 0.386. The number of azide groups is 1. The lowest BCUT2D eigenvalue weighted by atomic mass is 9.88. The summed E-state index contributed by atoms with van der Waals surface area (Å²) in [5.74, 6) is 0.0124. The lowest BCUT2D eigenvalue weighted by molar-refractivity contribution is 0.189. The van der Waals surface area contributed by atoms with E-state index >= 15 is 0 Å². The number of hydrogen-bond donors (Lipinski definition) is 1. The van der Waals surface area contributed by atoms with Crippen LogP contribution in [0.1, 0.15) is 6.92 Å². The van der Waals surface area contributed by atoms with Gasteiger partial charge in [0, 0.05) is 10.8 Å². The maximum atomic E-state index is 9.04. The number of nitrogens with zero attached hydrogens (tertiary/aromatic N) is 3. The summed E-state index contributed by atoms with van der Waals surface area (Å²) in [6.07, 6.45) is 7.58. The van der Waals surface area contributed by atoms with E-state index in [0.29, 0.717) is 0 Å².